The van der Waals surface area contributed by atoms with Gasteiger partial charge in [-0.2, -0.15) is 0 Å². The highest BCUT2D eigenvalue weighted by Gasteiger charge is 2.23. The van der Waals surface area contributed by atoms with Crippen LogP contribution in [0.3, 0.4) is 0 Å². The Morgan fingerprint density at radius 1 is 0.491 bits per heavy atom. The van der Waals surface area contributed by atoms with E-state index in [2.05, 4.69) is 170 Å². The Kier molecular flexibility index (Phi) is 7.85. The highest BCUT2D eigenvalue weighted by molar-refractivity contribution is 6.26. The fraction of sp³-hybridized carbons (Fsp3) is 0.113. The minimum atomic E-state index is 0.454. The highest BCUT2D eigenvalue weighted by Crippen LogP contribution is 2.44. The Labute approximate surface area is 331 Å². The lowest BCUT2D eigenvalue weighted by atomic mass is 9.90. The molecule has 57 heavy (non-hydrogen) atoms. The first-order chi connectivity index (χ1) is 28.1. The van der Waals surface area contributed by atoms with Gasteiger partial charge in [-0.3, -0.25) is 0 Å². The van der Waals surface area contributed by atoms with E-state index in [0.717, 1.165) is 51.6 Å². The molecule has 0 saturated heterocycles. The van der Waals surface area contributed by atoms with Crippen LogP contribution >= 0.6 is 0 Å². The van der Waals surface area contributed by atoms with Crippen molar-refractivity contribution in [1.82, 2.24) is 19.5 Å². The molecule has 0 radical (unpaired) electrons. The molecule has 7 aromatic carbocycles. The molecule has 272 valence electrons. The van der Waals surface area contributed by atoms with E-state index >= 15 is 0 Å². The van der Waals surface area contributed by atoms with E-state index in [-0.39, 0.29) is 0 Å². The van der Waals surface area contributed by atoms with Crippen LogP contribution in [-0.4, -0.2) is 19.5 Å². The molecule has 0 aliphatic heterocycles. The summed E-state index contributed by atoms with van der Waals surface area (Å²) in [5, 5.41) is 9.92. The van der Waals surface area contributed by atoms with Crippen molar-refractivity contribution in [1.29, 1.82) is 0 Å². The molecule has 4 nitrogen and oxygen atoms in total. The lowest BCUT2D eigenvalue weighted by Gasteiger charge is -2.15. The van der Waals surface area contributed by atoms with E-state index in [1.54, 1.807) is 0 Å². The first-order valence-electron chi connectivity index (χ1n) is 20.1. The quantitative estimate of drug-likeness (QED) is 0.166. The number of hydrogen-bond donors (Lipinski definition) is 0. The third-order valence-corrected chi connectivity index (χ3v) is 11.9. The molecule has 2 unspecified atom stereocenters. The maximum atomic E-state index is 5.30. The fourth-order valence-corrected chi connectivity index (χ4v) is 9.10. The molecule has 2 aliphatic rings. The van der Waals surface area contributed by atoms with Gasteiger partial charge < -0.3 is 4.57 Å². The van der Waals surface area contributed by atoms with E-state index < -0.39 is 0 Å². The molecule has 4 heteroatoms. The van der Waals surface area contributed by atoms with Gasteiger partial charge in [0.1, 0.15) is 0 Å². The summed E-state index contributed by atoms with van der Waals surface area (Å²) in [6, 6.07) is 48.2. The second-order valence-corrected chi connectivity index (χ2v) is 15.7. The zero-order valence-electron chi connectivity index (χ0n) is 32.0. The van der Waals surface area contributed by atoms with Crippen molar-refractivity contribution in [2.75, 3.05) is 0 Å². The molecule has 9 aromatic rings. The molecule has 0 saturated carbocycles. The van der Waals surface area contributed by atoms with Gasteiger partial charge >= 0.3 is 0 Å². The van der Waals surface area contributed by atoms with Crippen molar-refractivity contribution in [3.63, 3.8) is 0 Å². The summed E-state index contributed by atoms with van der Waals surface area (Å²) in [5.41, 5.74) is 8.83. The number of benzene rings is 7. The minimum absolute atomic E-state index is 0.454. The van der Waals surface area contributed by atoms with Crippen LogP contribution in [0.2, 0.25) is 0 Å². The van der Waals surface area contributed by atoms with Gasteiger partial charge in [-0.15, -0.1) is 0 Å². The lowest BCUT2D eigenvalue weighted by Crippen LogP contribution is -2.04. The van der Waals surface area contributed by atoms with E-state index in [9.17, 15) is 0 Å². The summed E-state index contributed by atoms with van der Waals surface area (Å²) in [4.78, 5) is 15.6. The van der Waals surface area contributed by atoms with E-state index in [0.29, 0.717) is 29.3 Å². The normalized spacial score (nSPS) is 16.9. The molecule has 2 heterocycles. The third-order valence-electron chi connectivity index (χ3n) is 11.9. The number of fused-ring (bicyclic) bond motifs is 9. The zero-order chi connectivity index (χ0) is 38.0. The monoisotopic (exact) mass is 732 g/mol. The van der Waals surface area contributed by atoms with Crippen LogP contribution in [0.25, 0.3) is 93.7 Å². The number of rotatable bonds is 5. The SMILES string of the molecule is CC1C=CC(c2nc(-c3ccccc3)nc(-c3cccc4c3c3c(C5=CC(C)CC=C5)cccc3n4-c3ccc4c5ccccc5c5ccccc5c4c3)n2)=CC1. The van der Waals surface area contributed by atoms with Crippen molar-refractivity contribution in [2.24, 2.45) is 11.8 Å². The Balaban J connectivity index is 1.23. The Morgan fingerprint density at radius 2 is 1.11 bits per heavy atom. The summed E-state index contributed by atoms with van der Waals surface area (Å²) in [5.74, 6) is 2.98. The molecule has 0 bridgehead atoms. The second kappa shape index (κ2) is 13.4. The van der Waals surface area contributed by atoms with Gasteiger partial charge in [-0.05, 0) is 92.4 Å². The van der Waals surface area contributed by atoms with Gasteiger partial charge in [-0.1, -0.05) is 159 Å². The number of hydrogen-bond acceptors (Lipinski definition) is 3. The molecule has 0 amide bonds. The largest absolute Gasteiger partial charge is 0.309 e. The van der Waals surface area contributed by atoms with E-state index in [4.69, 9.17) is 15.0 Å². The average Bonchev–Trinajstić information content (AvgIpc) is 3.61. The molecular formula is C53H40N4. The second-order valence-electron chi connectivity index (χ2n) is 15.7. The van der Waals surface area contributed by atoms with Gasteiger partial charge in [0.2, 0.25) is 0 Å². The van der Waals surface area contributed by atoms with Gasteiger partial charge in [-0.25, -0.2) is 15.0 Å². The number of nitrogens with zero attached hydrogens (tertiary/aromatic N) is 4. The van der Waals surface area contributed by atoms with Crippen LogP contribution in [0, 0.1) is 11.8 Å². The Bertz CT molecular complexity index is 3180. The standard InChI is InChI=1S/C53H40N4/c1-33-25-27-36(28-26-33)52-54-51(35-14-4-3-5-15-35)55-53(56-52)45-22-12-24-48-50(45)49-39(37-16-10-13-34(2)31-37)21-11-23-47(49)57(48)38-29-30-44-42-19-7-6-17-40(42)41-18-8-9-20-43(41)46(44)32-38/h3-12,14-25,27-34H,13,26H2,1-2H3. The van der Waals surface area contributed by atoms with Crippen molar-refractivity contribution in [3.05, 3.63) is 181 Å². The summed E-state index contributed by atoms with van der Waals surface area (Å²) in [6.07, 6.45) is 15.7. The fourth-order valence-electron chi connectivity index (χ4n) is 9.10. The van der Waals surface area contributed by atoms with Crippen LogP contribution in [0.4, 0.5) is 0 Å². The predicted molar refractivity (Wildman–Crippen MR) is 239 cm³/mol. The Hall–Kier alpha value is -6.91. The first kappa shape index (κ1) is 33.4. The molecule has 2 aromatic heterocycles. The summed E-state index contributed by atoms with van der Waals surface area (Å²) < 4.78 is 2.45. The lowest BCUT2D eigenvalue weighted by molar-refractivity contribution is 0.738. The first-order valence-corrected chi connectivity index (χ1v) is 20.1. The van der Waals surface area contributed by atoms with E-state index in [1.165, 1.54) is 48.8 Å². The summed E-state index contributed by atoms with van der Waals surface area (Å²) in [7, 11) is 0. The van der Waals surface area contributed by atoms with Gasteiger partial charge in [0.15, 0.2) is 17.5 Å². The maximum absolute atomic E-state index is 5.30. The molecule has 2 aliphatic carbocycles. The summed E-state index contributed by atoms with van der Waals surface area (Å²) >= 11 is 0. The van der Waals surface area contributed by atoms with Gasteiger partial charge in [0, 0.05) is 33.2 Å². The molecule has 0 fully saturated rings. The van der Waals surface area contributed by atoms with Gasteiger partial charge in [0.05, 0.1) is 11.0 Å². The predicted octanol–water partition coefficient (Wildman–Crippen LogP) is 13.7. The Morgan fingerprint density at radius 3 is 1.79 bits per heavy atom. The number of allylic oxidation sites excluding steroid dienone is 8. The topological polar surface area (TPSA) is 43.6 Å². The van der Waals surface area contributed by atoms with E-state index in [1.807, 2.05) is 18.2 Å². The zero-order valence-corrected chi connectivity index (χ0v) is 32.0. The van der Waals surface area contributed by atoms with Crippen molar-refractivity contribution < 1.29 is 0 Å². The van der Waals surface area contributed by atoms with Crippen molar-refractivity contribution in [3.8, 4) is 28.5 Å². The highest BCUT2D eigenvalue weighted by atomic mass is 15.0. The van der Waals surface area contributed by atoms with Crippen LogP contribution in [0.15, 0.2) is 170 Å². The smallest absolute Gasteiger partial charge is 0.164 e. The van der Waals surface area contributed by atoms with Crippen molar-refractivity contribution >= 4 is 65.3 Å². The van der Waals surface area contributed by atoms with Crippen LogP contribution in [0.5, 0.6) is 0 Å². The maximum Gasteiger partial charge on any atom is 0.164 e. The summed E-state index contributed by atoms with van der Waals surface area (Å²) in [6.45, 7) is 4.54. The molecule has 2 atom stereocenters. The van der Waals surface area contributed by atoms with Crippen LogP contribution in [0.1, 0.15) is 38.1 Å². The number of aromatic nitrogens is 4. The minimum Gasteiger partial charge on any atom is -0.309 e. The third kappa shape index (κ3) is 5.55. The molecule has 11 rings (SSSR count). The molecular weight excluding hydrogens is 693 g/mol. The van der Waals surface area contributed by atoms with Crippen LogP contribution in [-0.2, 0) is 0 Å². The molecule has 0 spiro atoms. The van der Waals surface area contributed by atoms with Crippen molar-refractivity contribution in [2.45, 2.75) is 26.7 Å². The van der Waals surface area contributed by atoms with Gasteiger partial charge in [0.25, 0.3) is 0 Å². The van der Waals surface area contributed by atoms with Crippen LogP contribution < -0.4 is 0 Å². The molecule has 0 N–H and O–H groups in total. The average molecular weight is 733 g/mol.